The molecule has 0 aliphatic rings. The molecular formula is C11H7ClFN3O3. The maximum atomic E-state index is 13.4. The van der Waals surface area contributed by atoms with E-state index < -0.39 is 10.7 Å². The maximum Gasteiger partial charge on any atom is 0.276 e. The zero-order valence-corrected chi connectivity index (χ0v) is 10.4. The summed E-state index contributed by atoms with van der Waals surface area (Å²) in [5.41, 5.74) is 0.139. The van der Waals surface area contributed by atoms with Crippen LogP contribution in [-0.2, 0) is 0 Å². The number of ether oxygens (including phenoxy) is 1. The van der Waals surface area contributed by atoms with Gasteiger partial charge in [-0.05, 0) is 24.6 Å². The van der Waals surface area contributed by atoms with Crippen LogP contribution < -0.4 is 4.74 Å². The third-order valence-electron chi connectivity index (χ3n) is 2.34. The quantitative estimate of drug-likeness (QED) is 0.491. The number of benzene rings is 1. The van der Waals surface area contributed by atoms with E-state index in [1.165, 1.54) is 25.1 Å². The van der Waals surface area contributed by atoms with Gasteiger partial charge in [-0.15, -0.1) is 0 Å². The van der Waals surface area contributed by atoms with E-state index in [0.29, 0.717) is 0 Å². The summed E-state index contributed by atoms with van der Waals surface area (Å²) in [4.78, 5) is 17.2. The molecule has 0 atom stereocenters. The van der Waals surface area contributed by atoms with Gasteiger partial charge in [0.1, 0.15) is 5.75 Å². The predicted molar refractivity (Wildman–Crippen MR) is 64.9 cm³/mol. The van der Waals surface area contributed by atoms with Gasteiger partial charge in [-0.1, -0.05) is 6.07 Å². The van der Waals surface area contributed by atoms with Crippen molar-refractivity contribution in [2.75, 3.05) is 0 Å². The van der Waals surface area contributed by atoms with E-state index in [4.69, 9.17) is 16.3 Å². The van der Waals surface area contributed by atoms with Crippen molar-refractivity contribution in [3.05, 3.63) is 51.2 Å². The Balaban J connectivity index is 2.41. The molecule has 19 heavy (non-hydrogen) atoms. The fourth-order valence-corrected chi connectivity index (χ4v) is 1.54. The lowest BCUT2D eigenvalue weighted by atomic mass is 10.2. The monoisotopic (exact) mass is 283 g/mol. The van der Waals surface area contributed by atoms with Gasteiger partial charge in [0.25, 0.3) is 11.6 Å². The number of nitro benzene ring substituents is 1. The van der Waals surface area contributed by atoms with E-state index in [0.717, 1.165) is 6.20 Å². The van der Waals surface area contributed by atoms with Crippen molar-refractivity contribution in [2.45, 2.75) is 6.92 Å². The summed E-state index contributed by atoms with van der Waals surface area (Å²) in [7, 11) is 0. The summed E-state index contributed by atoms with van der Waals surface area (Å²) >= 11 is 5.53. The lowest BCUT2D eigenvalue weighted by Gasteiger charge is -2.08. The van der Waals surface area contributed by atoms with Crippen molar-refractivity contribution in [3.8, 4) is 11.6 Å². The molecule has 0 aliphatic heterocycles. The number of hydrogen-bond acceptors (Lipinski definition) is 5. The molecule has 0 bridgehead atoms. The molecule has 6 nitrogen and oxygen atoms in total. The van der Waals surface area contributed by atoms with E-state index in [2.05, 4.69) is 9.97 Å². The first-order valence-corrected chi connectivity index (χ1v) is 5.46. The van der Waals surface area contributed by atoms with Crippen molar-refractivity contribution in [3.63, 3.8) is 0 Å². The standard InChI is InChI=1S/C11H7ClFN3O3/c1-6-8(16(17)18)3-2-4-9(6)19-10-7(13)5-14-11(12)15-10/h2-5H,1H3. The van der Waals surface area contributed by atoms with Crippen molar-refractivity contribution in [1.82, 2.24) is 9.97 Å². The Hall–Kier alpha value is -2.28. The first kappa shape index (κ1) is 13.2. The van der Waals surface area contributed by atoms with E-state index in [1.807, 2.05) is 0 Å². The highest BCUT2D eigenvalue weighted by atomic mass is 35.5. The third-order valence-corrected chi connectivity index (χ3v) is 2.52. The topological polar surface area (TPSA) is 78.2 Å². The Labute approximate surface area is 112 Å². The molecule has 0 aliphatic carbocycles. The Morgan fingerprint density at radius 2 is 2.21 bits per heavy atom. The molecule has 0 saturated heterocycles. The predicted octanol–water partition coefficient (Wildman–Crippen LogP) is 3.28. The number of halogens is 2. The van der Waals surface area contributed by atoms with Crippen LogP contribution in [0.5, 0.6) is 11.6 Å². The molecule has 2 aromatic rings. The van der Waals surface area contributed by atoms with Crippen molar-refractivity contribution < 1.29 is 14.1 Å². The van der Waals surface area contributed by atoms with Gasteiger partial charge in [-0.3, -0.25) is 10.1 Å². The SMILES string of the molecule is Cc1c(Oc2nc(Cl)ncc2F)cccc1[N+](=O)[O-]. The Morgan fingerprint density at radius 3 is 2.89 bits per heavy atom. The lowest BCUT2D eigenvalue weighted by Crippen LogP contribution is -1.98. The minimum Gasteiger partial charge on any atom is -0.436 e. The smallest absolute Gasteiger partial charge is 0.276 e. The average molecular weight is 284 g/mol. The number of hydrogen-bond donors (Lipinski definition) is 0. The minimum absolute atomic E-state index is 0.127. The van der Waals surface area contributed by atoms with Crippen LogP contribution in [0.3, 0.4) is 0 Å². The summed E-state index contributed by atoms with van der Waals surface area (Å²) in [6, 6.07) is 4.23. The molecule has 0 radical (unpaired) electrons. The van der Waals surface area contributed by atoms with Crippen LogP contribution in [0.15, 0.2) is 24.4 Å². The van der Waals surface area contributed by atoms with E-state index in [-0.39, 0.29) is 28.2 Å². The molecule has 2 rings (SSSR count). The molecule has 0 unspecified atom stereocenters. The van der Waals surface area contributed by atoms with E-state index in [1.54, 1.807) is 0 Å². The summed E-state index contributed by atoms with van der Waals surface area (Å²) in [6.07, 6.45) is 0.858. The zero-order valence-electron chi connectivity index (χ0n) is 9.63. The van der Waals surface area contributed by atoms with Gasteiger partial charge < -0.3 is 4.74 Å². The van der Waals surface area contributed by atoms with Crippen LogP contribution in [0.25, 0.3) is 0 Å². The third kappa shape index (κ3) is 2.76. The fraction of sp³-hybridized carbons (Fsp3) is 0.0909. The van der Waals surface area contributed by atoms with Gasteiger partial charge in [0.2, 0.25) is 11.1 Å². The molecule has 8 heteroatoms. The highest BCUT2D eigenvalue weighted by Crippen LogP contribution is 2.31. The summed E-state index contributed by atoms with van der Waals surface area (Å²) in [5.74, 6) is -1.07. The van der Waals surface area contributed by atoms with Crippen LogP contribution in [0, 0.1) is 22.9 Å². The second kappa shape index (κ2) is 5.15. The number of nitro groups is 1. The van der Waals surface area contributed by atoms with Crippen molar-refractivity contribution in [2.24, 2.45) is 0 Å². The molecule has 1 aromatic heterocycles. The summed E-state index contributed by atoms with van der Waals surface area (Å²) in [6.45, 7) is 1.49. The molecule has 0 amide bonds. The lowest BCUT2D eigenvalue weighted by molar-refractivity contribution is -0.385. The van der Waals surface area contributed by atoms with Crippen LogP contribution in [0.1, 0.15) is 5.56 Å². The minimum atomic E-state index is -0.810. The van der Waals surface area contributed by atoms with E-state index in [9.17, 15) is 14.5 Å². The normalized spacial score (nSPS) is 10.3. The van der Waals surface area contributed by atoms with Gasteiger partial charge in [-0.2, -0.15) is 9.37 Å². The van der Waals surface area contributed by atoms with Gasteiger partial charge in [0.05, 0.1) is 16.7 Å². The Morgan fingerprint density at radius 1 is 1.47 bits per heavy atom. The Kier molecular flexibility index (Phi) is 3.57. The Bertz CT molecular complexity index is 651. The maximum absolute atomic E-state index is 13.4. The van der Waals surface area contributed by atoms with Crippen LogP contribution in [-0.4, -0.2) is 14.9 Å². The molecule has 0 fully saturated rings. The van der Waals surface area contributed by atoms with Gasteiger partial charge in [0.15, 0.2) is 0 Å². The molecular weight excluding hydrogens is 277 g/mol. The number of nitrogens with zero attached hydrogens (tertiary/aromatic N) is 3. The van der Waals surface area contributed by atoms with Gasteiger partial charge in [0, 0.05) is 6.07 Å². The largest absolute Gasteiger partial charge is 0.436 e. The second-order valence-corrected chi connectivity index (χ2v) is 3.89. The molecule has 0 spiro atoms. The zero-order chi connectivity index (χ0) is 14.0. The summed E-state index contributed by atoms with van der Waals surface area (Å²) in [5, 5.41) is 10.6. The highest BCUT2D eigenvalue weighted by molar-refractivity contribution is 6.28. The van der Waals surface area contributed by atoms with Crippen molar-refractivity contribution in [1.29, 1.82) is 0 Å². The fourth-order valence-electron chi connectivity index (χ4n) is 1.42. The van der Waals surface area contributed by atoms with Crippen LogP contribution >= 0.6 is 11.6 Å². The molecule has 1 aromatic carbocycles. The molecule has 0 N–H and O–H groups in total. The van der Waals surface area contributed by atoms with Gasteiger partial charge >= 0.3 is 0 Å². The molecule has 0 saturated carbocycles. The molecule has 1 heterocycles. The second-order valence-electron chi connectivity index (χ2n) is 3.55. The van der Waals surface area contributed by atoms with Crippen LogP contribution in [0.2, 0.25) is 5.28 Å². The van der Waals surface area contributed by atoms with Gasteiger partial charge in [-0.25, -0.2) is 4.98 Å². The van der Waals surface area contributed by atoms with Crippen LogP contribution in [0.4, 0.5) is 10.1 Å². The number of rotatable bonds is 3. The first-order valence-electron chi connectivity index (χ1n) is 5.09. The number of aromatic nitrogens is 2. The molecule has 98 valence electrons. The van der Waals surface area contributed by atoms with E-state index >= 15 is 0 Å². The first-order chi connectivity index (χ1) is 8.99. The highest BCUT2D eigenvalue weighted by Gasteiger charge is 2.16. The van der Waals surface area contributed by atoms with Crippen molar-refractivity contribution >= 4 is 17.3 Å². The average Bonchev–Trinajstić information content (AvgIpc) is 2.36. The summed E-state index contributed by atoms with van der Waals surface area (Å²) < 4.78 is 18.6.